The van der Waals surface area contributed by atoms with Gasteiger partial charge in [-0.15, -0.1) is 0 Å². The summed E-state index contributed by atoms with van der Waals surface area (Å²) >= 11 is 0. The zero-order valence-corrected chi connectivity index (χ0v) is 5.29. The second kappa shape index (κ2) is 1.69. The number of aldehydes is 1. The van der Waals surface area contributed by atoms with E-state index in [1.807, 2.05) is 0 Å². The van der Waals surface area contributed by atoms with Gasteiger partial charge in [-0.25, -0.2) is 0 Å². The Kier molecular flexibility index (Phi) is 0.981. The zero-order chi connectivity index (χ0) is 6.27. The van der Waals surface area contributed by atoms with Crippen LogP contribution in [0.1, 0.15) is 12.8 Å². The van der Waals surface area contributed by atoms with Gasteiger partial charge in [-0.1, -0.05) is 12.2 Å². The summed E-state index contributed by atoms with van der Waals surface area (Å²) < 4.78 is 0. The molecular weight excluding hydrogens is 112 g/mol. The molecule has 0 N–H and O–H groups in total. The van der Waals surface area contributed by atoms with E-state index in [4.69, 9.17) is 0 Å². The average molecular weight is 122 g/mol. The predicted molar refractivity (Wildman–Crippen MR) is 34.9 cm³/mol. The third-order valence-corrected chi connectivity index (χ3v) is 2.54. The molecule has 9 heavy (non-hydrogen) atoms. The third kappa shape index (κ3) is 0.640. The summed E-state index contributed by atoms with van der Waals surface area (Å²) in [4.78, 5) is 10.3. The van der Waals surface area contributed by atoms with E-state index >= 15 is 0 Å². The Morgan fingerprint density at radius 1 is 1.22 bits per heavy atom. The van der Waals surface area contributed by atoms with Crippen LogP contribution in [0.2, 0.25) is 0 Å². The molecule has 2 aliphatic carbocycles. The van der Waals surface area contributed by atoms with Gasteiger partial charge in [0.2, 0.25) is 0 Å². The molecule has 1 heteroatoms. The molecule has 0 radical (unpaired) electrons. The van der Waals surface area contributed by atoms with Crippen molar-refractivity contribution >= 4 is 6.29 Å². The zero-order valence-electron chi connectivity index (χ0n) is 5.29. The minimum Gasteiger partial charge on any atom is -0.303 e. The molecule has 1 fully saturated rings. The first-order valence-corrected chi connectivity index (χ1v) is 3.54. The lowest BCUT2D eigenvalue weighted by molar-refractivity contribution is -0.109. The Morgan fingerprint density at radius 3 is 2.22 bits per heavy atom. The van der Waals surface area contributed by atoms with Crippen LogP contribution in [0.25, 0.3) is 0 Å². The molecule has 2 aliphatic rings. The van der Waals surface area contributed by atoms with Gasteiger partial charge in [0.1, 0.15) is 6.29 Å². The highest BCUT2D eigenvalue weighted by atomic mass is 16.1. The summed E-state index contributed by atoms with van der Waals surface area (Å²) in [5, 5.41) is 0. The monoisotopic (exact) mass is 122 g/mol. The molecule has 2 unspecified atom stereocenters. The SMILES string of the molecule is O=CC1C2CC=CCC12. The molecule has 48 valence electrons. The number of fused-ring (bicyclic) bond motifs is 1. The molecule has 0 bridgehead atoms. The molecule has 0 saturated heterocycles. The third-order valence-electron chi connectivity index (χ3n) is 2.54. The Bertz CT molecular complexity index is 146. The summed E-state index contributed by atoms with van der Waals surface area (Å²) in [7, 11) is 0. The van der Waals surface area contributed by atoms with Crippen molar-refractivity contribution in [2.45, 2.75) is 12.8 Å². The molecule has 0 heterocycles. The molecule has 1 nitrogen and oxygen atoms in total. The largest absolute Gasteiger partial charge is 0.303 e. The van der Waals surface area contributed by atoms with Gasteiger partial charge in [0.05, 0.1) is 0 Å². The molecule has 0 aromatic rings. The van der Waals surface area contributed by atoms with Crippen LogP contribution in [-0.2, 0) is 4.79 Å². The highest BCUT2D eigenvalue weighted by Crippen LogP contribution is 2.51. The summed E-state index contributed by atoms with van der Waals surface area (Å²) in [6, 6.07) is 0. The standard InChI is InChI=1S/C8H10O/c9-5-8-6-3-1-2-4-7(6)8/h1-2,5-8H,3-4H2. The molecular formula is C8H10O. The van der Waals surface area contributed by atoms with E-state index in [2.05, 4.69) is 12.2 Å². The number of carbonyl (C=O) groups is 1. The van der Waals surface area contributed by atoms with Crippen LogP contribution in [0.5, 0.6) is 0 Å². The summed E-state index contributed by atoms with van der Waals surface area (Å²) in [5.41, 5.74) is 0. The lowest BCUT2D eigenvalue weighted by Crippen LogP contribution is -1.83. The molecule has 0 amide bonds. The molecule has 0 aromatic carbocycles. The van der Waals surface area contributed by atoms with Gasteiger partial charge in [-0.2, -0.15) is 0 Å². The van der Waals surface area contributed by atoms with Gasteiger partial charge in [0, 0.05) is 5.92 Å². The minimum atomic E-state index is 0.417. The topological polar surface area (TPSA) is 17.1 Å². The van der Waals surface area contributed by atoms with Crippen molar-refractivity contribution in [3.05, 3.63) is 12.2 Å². The van der Waals surface area contributed by atoms with Crippen LogP contribution in [0.15, 0.2) is 12.2 Å². The Labute approximate surface area is 54.8 Å². The van der Waals surface area contributed by atoms with Crippen molar-refractivity contribution in [3.8, 4) is 0 Å². The fourth-order valence-corrected chi connectivity index (χ4v) is 1.85. The van der Waals surface area contributed by atoms with E-state index in [9.17, 15) is 4.79 Å². The van der Waals surface area contributed by atoms with E-state index in [1.165, 1.54) is 0 Å². The maximum atomic E-state index is 10.3. The number of hydrogen-bond acceptors (Lipinski definition) is 1. The van der Waals surface area contributed by atoms with Crippen LogP contribution >= 0.6 is 0 Å². The van der Waals surface area contributed by atoms with Crippen LogP contribution in [0, 0.1) is 17.8 Å². The number of rotatable bonds is 1. The summed E-state index contributed by atoms with van der Waals surface area (Å²) in [6.45, 7) is 0. The predicted octanol–water partition coefficient (Wildman–Crippen LogP) is 1.40. The Balaban J connectivity index is 2.05. The van der Waals surface area contributed by atoms with Crippen molar-refractivity contribution in [2.75, 3.05) is 0 Å². The molecule has 2 rings (SSSR count). The first kappa shape index (κ1) is 5.21. The lowest BCUT2D eigenvalue weighted by atomic mass is 10.1. The van der Waals surface area contributed by atoms with Crippen molar-refractivity contribution < 1.29 is 4.79 Å². The second-order valence-electron chi connectivity index (χ2n) is 2.98. The van der Waals surface area contributed by atoms with Crippen LogP contribution in [-0.4, -0.2) is 6.29 Å². The highest BCUT2D eigenvalue weighted by molar-refractivity contribution is 5.60. The van der Waals surface area contributed by atoms with E-state index in [0.29, 0.717) is 5.92 Å². The molecule has 0 aliphatic heterocycles. The van der Waals surface area contributed by atoms with Gasteiger partial charge in [0.25, 0.3) is 0 Å². The molecule has 1 saturated carbocycles. The summed E-state index contributed by atoms with van der Waals surface area (Å²) in [6.07, 6.45) is 7.82. The van der Waals surface area contributed by atoms with Crippen molar-refractivity contribution in [1.29, 1.82) is 0 Å². The van der Waals surface area contributed by atoms with E-state index in [-0.39, 0.29) is 0 Å². The van der Waals surface area contributed by atoms with Crippen molar-refractivity contribution in [1.82, 2.24) is 0 Å². The maximum Gasteiger partial charge on any atom is 0.123 e. The van der Waals surface area contributed by atoms with Gasteiger partial charge in [0.15, 0.2) is 0 Å². The normalized spacial score (nSPS) is 46.0. The van der Waals surface area contributed by atoms with Crippen LogP contribution < -0.4 is 0 Å². The first-order valence-electron chi connectivity index (χ1n) is 3.54. The summed E-state index contributed by atoms with van der Waals surface area (Å²) in [5.74, 6) is 1.88. The van der Waals surface area contributed by atoms with E-state index in [0.717, 1.165) is 31.0 Å². The molecule has 2 atom stereocenters. The fraction of sp³-hybridized carbons (Fsp3) is 0.625. The quantitative estimate of drug-likeness (QED) is 0.379. The lowest BCUT2D eigenvalue weighted by Gasteiger charge is -1.96. The highest BCUT2D eigenvalue weighted by Gasteiger charge is 2.48. The number of carbonyl (C=O) groups excluding carboxylic acids is 1. The van der Waals surface area contributed by atoms with E-state index < -0.39 is 0 Å². The maximum absolute atomic E-state index is 10.3. The smallest absolute Gasteiger partial charge is 0.123 e. The average Bonchev–Trinajstić information content (AvgIpc) is 2.60. The van der Waals surface area contributed by atoms with Crippen LogP contribution in [0.3, 0.4) is 0 Å². The van der Waals surface area contributed by atoms with Crippen molar-refractivity contribution in [2.24, 2.45) is 17.8 Å². The number of hydrogen-bond donors (Lipinski definition) is 0. The van der Waals surface area contributed by atoms with Gasteiger partial charge in [-0.3, -0.25) is 0 Å². The van der Waals surface area contributed by atoms with Gasteiger partial charge in [-0.05, 0) is 24.7 Å². The molecule has 0 aromatic heterocycles. The van der Waals surface area contributed by atoms with Crippen LogP contribution in [0.4, 0.5) is 0 Å². The minimum absolute atomic E-state index is 0.417. The first-order chi connectivity index (χ1) is 4.43. The Morgan fingerprint density at radius 2 is 1.78 bits per heavy atom. The number of allylic oxidation sites excluding steroid dienone is 2. The Hall–Kier alpha value is -0.590. The fourth-order valence-electron chi connectivity index (χ4n) is 1.85. The van der Waals surface area contributed by atoms with Gasteiger partial charge >= 0.3 is 0 Å². The van der Waals surface area contributed by atoms with Gasteiger partial charge < -0.3 is 4.79 Å². The molecule has 0 spiro atoms. The van der Waals surface area contributed by atoms with E-state index in [1.54, 1.807) is 0 Å². The van der Waals surface area contributed by atoms with Crippen molar-refractivity contribution in [3.63, 3.8) is 0 Å². The second-order valence-corrected chi connectivity index (χ2v) is 2.98.